The third kappa shape index (κ3) is 5.77. The van der Waals surface area contributed by atoms with Crippen LogP contribution in [0.2, 0.25) is 0 Å². The number of carboxylic acids is 1. The fourth-order valence-corrected chi connectivity index (χ4v) is 2.71. The van der Waals surface area contributed by atoms with E-state index < -0.39 is 5.97 Å². The lowest BCUT2D eigenvalue weighted by Crippen LogP contribution is -2.44. The van der Waals surface area contributed by atoms with Crippen LogP contribution in [0.5, 0.6) is 0 Å². The van der Waals surface area contributed by atoms with Crippen LogP contribution >= 0.6 is 0 Å². The van der Waals surface area contributed by atoms with Gasteiger partial charge in [-0.1, -0.05) is 24.3 Å². The summed E-state index contributed by atoms with van der Waals surface area (Å²) in [6.07, 6.45) is 5.07. The first-order chi connectivity index (χ1) is 11.6. The summed E-state index contributed by atoms with van der Waals surface area (Å²) in [7, 11) is 0. The molecule has 0 spiro atoms. The molecule has 1 fully saturated rings. The lowest BCUT2D eigenvalue weighted by Gasteiger charge is -2.34. The van der Waals surface area contributed by atoms with Crippen molar-refractivity contribution in [2.24, 2.45) is 0 Å². The Morgan fingerprint density at radius 3 is 2.54 bits per heavy atom. The van der Waals surface area contributed by atoms with Gasteiger partial charge in [0.15, 0.2) is 0 Å². The second kappa shape index (κ2) is 9.17. The predicted molar refractivity (Wildman–Crippen MR) is 87.9 cm³/mol. The molecule has 1 aromatic carbocycles. The van der Waals surface area contributed by atoms with Gasteiger partial charge in [0.25, 0.3) is 0 Å². The van der Waals surface area contributed by atoms with Gasteiger partial charge in [0.2, 0.25) is 5.91 Å². The van der Waals surface area contributed by atoms with E-state index in [1.54, 1.807) is 29.2 Å². The molecular weight excluding hydrogens is 313 g/mol. The fraction of sp³-hybridized carbons (Fsp3) is 0.444. The van der Waals surface area contributed by atoms with Crippen LogP contribution in [0.15, 0.2) is 30.3 Å². The van der Waals surface area contributed by atoms with Crippen molar-refractivity contribution < 1.29 is 23.8 Å². The monoisotopic (exact) mass is 335 g/mol. The van der Waals surface area contributed by atoms with Crippen molar-refractivity contribution in [2.45, 2.75) is 31.7 Å². The smallest absolute Gasteiger partial charge is 0.305 e. The maximum Gasteiger partial charge on any atom is 0.305 e. The van der Waals surface area contributed by atoms with E-state index in [9.17, 15) is 14.0 Å². The summed E-state index contributed by atoms with van der Waals surface area (Å²) in [5.41, 5.74) is 0.812. The highest BCUT2D eigenvalue weighted by molar-refractivity contribution is 5.79. The van der Waals surface area contributed by atoms with Crippen LogP contribution in [0, 0.1) is 5.82 Å². The molecule has 24 heavy (non-hydrogen) atoms. The molecule has 0 saturated carbocycles. The Balaban J connectivity index is 1.95. The minimum Gasteiger partial charge on any atom is -0.481 e. The van der Waals surface area contributed by atoms with Gasteiger partial charge in [-0.15, -0.1) is 0 Å². The maximum atomic E-state index is 12.9. The number of carboxylic acid groups (broad SMARTS) is 1. The van der Waals surface area contributed by atoms with Crippen molar-refractivity contribution in [1.82, 2.24) is 4.90 Å². The quantitative estimate of drug-likeness (QED) is 0.832. The van der Waals surface area contributed by atoms with Crippen LogP contribution in [0.4, 0.5) is 4.39 Å². The molecule has 0 aliphatic carbocycles. The summed E-state index contributed by atoms with van der Waals surface area (Å²) in [6, 6.07) is 6.03. The van der Waals surface area contributed by atoms with Crippen molar-refractivity contribution >= 4 is 18.0 Å². The van der Waals surface area contributed by atoms with Crippen LogP contribution in [0.25, 0.3) is 6.08 Å². The van der Waals surface area contributed by atoms with Crippen LogP contribution in [-0.4, -0.2) is 47.7 Å². The van der Waals surface area contributed by atoms with Crippen molar-refractivity contribution in [2.75, 3.05) is 19.8 Å². The summed E-state index contributed by atoms with van der Waals surface area (Å²) in [4.78, 5) is 25.0. The van der Waals surface area contributed by atoms with Gasteiger partial charge >= 0.3 is 5.97 Å². The summed E-state index contributed by atoms with van der Waals surface area (Å²) < 4.78 is 18.2. The van der Waals surface area contributed by atoms with Crippen LogP contribution in [-0.2, 0) is 14.3 Å². The number of aliphatic carboxylic acids is 1. The number of nitrogens with zero attached hydrogens (tertiary/aromatic N) is 1. The molecule has 1 amide bonds. The SMILES string of the molecule is O=C(O)CCN(C(=O)CC=Cc1ccc(F)cc1)C1CCOCC1. The molecule has 1 aromatic rings. The first-order valence-corrected chi connectivity index (χ1v) is 8.07. The minimum absolute atomic E-state index is 0.0322. The topological polar surface area (TPSA) is 66.8 Å². The van der Waals surface area contributed by atoms with Gasteiger partial charge in [-0.3, -0.25) is 9.59 Å². The number of amides is 1. The molecule has 2 rings (SSSR count). The van der Waals surface area contributed by atoms with Gasteiger partial charge in [-0.2, -0.15) is 0 Å². The third-order valence-corrected chi connectivity index (χ3v) is 3.99. The zero-order valence-electron chi connectivity index (χ0n) is 13.5. The molecule has 0 radical (unpaired) electrons. The Bertz CT molecular complexity index is 579. The number of carbonyl (C=O) groups excluding carboxylic acids is 1. The number of rotatable bonds is 7. The van der Waals surface area contributed by atoms with Gasteiger partial charge in [0.1, 0.15) is 5.82 Å². The van der Waals surface area contributed by atoms with Crippen molar-refractivity contribution in [3.05, 3.63) is 41.7 Å². The van der Waals surface area contributed by atoms with Gasteiger partial charge in [0.05, 0.1) is 6.42 Å². The Morgan fingerprint density at radius 2 is 1.92 bits per heavy atom. The van der Waals surface area contributed by atoms with Gasteiger partial charge in [-0.25, -0.2) is 4.39 Å². The highest BCUT2D eigenvalue weighted by atomic mass is 19.1. The van der Waals surface area contributed by atoms with Gasteiger partial charge in [-0.05, 0) is 30.5 Å². The van der Waals surface area contributed by atoms with Crippen LogP contribution in [0.1, 0.15) is 31.2 Å². The average Bonchev–Trinajstić information content (AvgIpc) is 2.57. The molecule has 6 heteroatoms. The molecular formula is C18H22FNO4. The second-order valence-corrected chi connectivity index (χ2v) is 5.73. The fourth-order valence-electron chi connectivity index (χ4n) is 2.71. The largest absolute Gasteiger partial charge is 0.481 e. The van der Waals surface area contributed by atoms with Gasteiger partial charge < -0.3 is 14.7 Å². The maximum absolute atomic E-state index is 12.9. The Morgan fingerprint density at radius 1 is 1.25 bits per heavy atom. The van der Waals surface area contributed by atoms with E-state index in [1.807, 2.05) is 0 Å². The predicted octanol–water partition coefficient (Wildman–Crippen LogP) is 2.71. The standard InChI is InChI=1S/C18H22FNO4/c19-15-6-4-14(5-7-15)2-1-3-17(21)20(11-8-18(22)23)16-9-12-24-13-10-16/h1-2,4-7,16H,3,8-13H2,(H,22,23). The van der Waals surface area contributed by atoms with Crippen molar-refractivity contribution in [3.8, 4) is 0 Å². The second-order valence-electron chi connectivity index (χ2n) is 5.73. The Hall–Kier alpha value is -2.21. The van der Waals surface area contributed by atoms with Crippen molar-refractivity contribution in [3.63, 3.8) is 0 Å². The lowest BCUT2D eigenvalue weighted by atomic mass is 10.1. The highest BCUT2D eigenvalue weighted by Gasteiger charge is 2.25. The number of hydrogen-bond acceptors (Lipinski definition) is 3. The first-order valence-electron chi connectivity index (χ1n) is 8.07. The molecule has 1 N–H and O–H groups in total. The van der Waals surface area contributed by atoms with Gasteiger partial charge in [0, 0.05) is 32.2 Å². The molecule has 0 unspecified atom stereocenters. The molecule has 130 valence electrons. The summed E-state index contributed by atoms with van der Waals surface area (Å²) in [5, 5.41) is 8.88. The van der Waals surface area contributed by atoms with E-state index in [0.717, 1.165) is 18.4 Å². The number of halogens is 1. The molecule has 5 nitrogen and oxygen atoms in total. The zero-order valence-corrected chi connectivity index (χ0v) is 13.5. The molecule has 1 saturated heterocycles. The normalized spacial score (nSPS) is 15.5. The number of ether oxygens (including phenoxy) is 1. The van der Waals surface area contributed by atoms with E-state index in [1.165, 1.54) is 12.1 Å². The summed E-state index contributed by atoms with van der Waals surface area (Å²) in [6.45, 7) is 1.39. The molecule has 0 atom stereocenters. The Labute approximate surface area is 140 Å². The minimum atomic E-state index is -0.915. The third-order valence-electron chi connectivity index (χ3n) is 3.99. The van der Waals surface area contributed by atoms with Crippen LogP contribution in [0.3, 0.4) is 0 Å². The van der Waals surface area contributed by atoms with Crippen LogP contribution < -0.4 is 0 Å². The average molecular weight is 335 g/mol. The molecule has 1 aliphatic heterocycles. The van der Waals surface area contributed by atoms with E-state index in [2.05, 4.69) is 0 Å². The lowest BCUT2D eigenvalue weighted by molar-refractivity contribution is -0.140. The number of benzene rings is 1. The summed E-state index contributed by atoms with van der Waals surface area (Å²) in [5.74, 6) is -1.31. The van der Waals surface area contributed by atoms with E-state index in [4.69, 9.17) is 9.84 Å². The van der Waals surface area contributed by atoms with E-state index in [0.29, 0.717) is 13.2 Å². The first kappa shape index (κ1) is 18.1. The number of carbonyl (C=O) groups is 2. The molecule has 0 aromatic heterocycles. The number of hydrogen-bond donors (Lipinski definition) is 1. The summed E-state index contributed by atoms with van der Waals surface area (Å²) >= 11 is 0. The molecule has 1 heterocycles. The molecule has 1 aliphatic rings. The molecule has 0 bridgehead atoms. The zero-order chi connectivity index (χ0) is 17.4. The Kier molecular flexibility index (Phi) is 6.93. The highest BCUT2D eigenvalue weighted by Crippen LogP contribution is 2.16. The van der Waals surface area contributed by atoms with E-state index in [-0.39, 0.29) is 37.2 Å². The van der Waals surface area contributed by atoms with Crippen molar-refractivity contribution in [1.29, 1.82) is 0 Å². The van der Waals surface area contributed by atoms with E-state index >= 15 is 0 Å².